The zero-order valence-corrected chi connectivity index (χ0v) is 10.4. The van der Waals surface area contributed by atoms with Gasteiger partial charge in [0.2, 0.25) is 0 Å². The predicted molar refractivity (Wildman–Crippen MR) is 72.3 cm³/mol. The lowest BCUT2D eigenvalue weighted by Crippen LogP contribution is -2.08. The van der Waals surface area contributed by atoms with Gasteiger partial charge in [-0.25, -0.2) is 9.37 Å². The van der Waals surface area contributed by atoms with Crippen molar-refractivity contribution in [2.24, 2.45) is 0 Å². The minimum atomic E-state index is -0.198. The summed E-state index contributed by atoms with van der Waals surface area (Å²) in [5.74, 6) is 0.359. The van der Waals surface area contributed by atoms with Crippen molar-refractivity contribution in [3.63, 3.8) is 0 Å². The van der Waals surface area contributed by atoms with Crippen molar-refractivity contribution >= 4 is 23.1 Å². The van der Waals surface area contributed by atoms with Gasteiger partial charge in [0.1, 0.15) is 11.6 Å². The molecular formula is C13H13ClFN3. The zero-order valence-electron chi connectivity index (χ0n) is 9.66. The first-order chi connectivity index (χ1) is 8.66. The molecule has 0 spiro atoms. The van der Waals surface area contributed by atoms with Crippen LogP contribution in [0.3, 0.4) is 0 Å². The second kappa shape index (κ2) is 5.69. The molecule has 0 saturated heterocycles. The van der Waals surface area contributed by atoms with Crippen molar-refractivity contribution in [1.82, 2.24) is 4.98 Å². The van der Waals surface area contributed by atoms with Crippen LogP contribution in [0.2, 0.25) is 5.02 Å². The SMILES string of the molecule is Nc1cnc(NCCc2ccccc2F)c(Cl)c1. The van der Waals surface area contributed by atoms with Crippen LogP contribution < -0.4 is 11.1 Å². The molecule has 0 aliphatic heterocycles. The second-order valence-electron chi connectivity index (χ2n) is 3.87. The molecule has 18 heavy (non-hydrogen) atoms. The van der Waals surface area contributed by atoms with Gasteiger partial charge in [0, 0.05) is 6.54 Å². The normalized spacial score (nSPS) is 10.3. The maximum Gasteiger partial charge on any atom is 0.144 e. The molecule has 1 heterocycles. The summed E-state index contributed by atoms with van der Waals surface area (Å²) in [5, 5.41) is 3.51. The molecule has 0 saturated carbocycles. The lowest BCUT2D eigenvalue weighted by atomic mass is 10.1. The highest BCUT2D eigenvalue weighted by molar-refractivity contribution is 6.33. The highest BCUT2D eigenvalue weighted by Gasteiger charge is 2.03. The van der Waals surface area contributed by atoms with Crippen LogP contribution in [0.4, 0.5) is 15.9 Å². The highest BCUT2D eigenvalue weighted by Crippen LogP contribution is 2.20. The molecule has 0 atom stereocenters. The van der Waals surface area contributed by atoms with Crippen LogP contribution in [0.25, 0.3) is 0 Å². The molecule has 3 nitrogen and oxygen atoms in total. The van der Waals surface area contributed by atoms with Gasteiger partial charge < -0.3 is 11.1 Å². The van der Waals surface area contributed by atoms with E-state index in [0.29, 0.717) is 35.1 Å². The van der Waals surface area contributed by atoms with E-state index in [4.69, 9.17) is 17.3 Å². The van der Waals surface area contributed by atoms with Crippen LogP contribution in [0.5, 0.6) is 0 Å². The number of anilines is 2. The lowest BCUT2D eigenvalue weighted by molar-refractivity contribution is 0.610. The van der Waals surface area contributed by atoms with Crippen LogP contribution in [-0.4, -0.2) is 11.5 Å². The van der Waals surface area contributed by atoms with Crippen molar-refractivity contribution in [2.75, 3.05) is 17.6 Å². The molecule has 0 radical (unpaired) electrons. The first-order valence-corrected chi connectivity index (χ1v) is 5.93. The molecule has 0 unspecified atom stereocenters. The molecule has 2 rings (SSSR count). The molecule has 2 aromatic rings. The molecule has 5 heteroatoms. The molecule has 0 fully saturated rings. The summed E-state index contributed by atoms with van der Waals surface area (Å²) in [6.07, 6.45) is 2.09. The lowest BCUT2D eigenvalue weighted by Gasteiger charge is -2.08. The summed E-state index contributed by atoms with van der Waals surface area (Å²) in [7, 11) is 0. The number of halogens is 2. The first-order valence-electron chi connectivity index (χ1n) is 5.55. The van der Waals surface area contributed by atoms with Crippen molar-refractivity contribution in [1.29, 1.82) is 0 Å². The Morgan fingerprint density at radius 3 is 2.83 bits per heavy atom. The van der Waals surface area contributed by atoms with E-state index in [0.717, 1.165) is 0 Å². The van der Waals surface area contributed by atoms with Gasteiger partial charge in [-0.05, 0) is 24.1 Å². The molecule has 0 aliphatic rings. The molecule has 94 valence electrons. The summed E-state index contributed by atoms with van der Waals surface area (Å²) in [6.45, 7) is 0.553. The van der Waals surface area contributed by atoms with Crippen LogP contribution >= 0.6 is 11.6 Å². The average molecular weight is 266 g/mol. The number of hydrogen-bond donors (Lipinski definition) is 2. The standard InChI is InChI=1S/C13H13ClFN3/c14-11-7-10(16)8-18-13(11)17-6-5-9-3-1-2-4-12(9)15/h1-4,7-8H,5-6,16H2,(H,17,18). The van der Waals surface area contributed by atoms with Crippen LogP contribution in [0, 0.1) is 5.82 Å². The summed E-state index contributed by atoms with van der Waals surface area (Å²) in [5.41, 5.74) is 6.72. The fraction of sp³-hybridized carbons (Fsp3) is 0.154. The number of rotatable bonds is 4. The van der Waals surface area contributed by atoms with E-state index in [2.05, 4.69) is 10.3 Å². The van der Waals surface area contributed by atoms with Crippen molar-refractivity contribution < 1.29 is 4.39 Å². The Kier molecular flexibility index (Phi) is 3.99. The highest BCUT2D eigenvalue weighted by atomic mass is 35.5. The van der Waals surface area contributed by atoms with E-state index in [-0.39, 0.29) is 5.82 Å². The molecule has 1 aromatic carbocycles. The van der Waals surface area contributed by atoms with E-state index >= 15 is 0 Å². The fourth-order valence-corrected chi connectivity index (χ4v) is 1.84. The molecular weight excluding hydrogens is 253 g/mol. The molecule has 0 amide bonds. The second-order valence-corrected chi connectivity index (χ2v) is 4.27. The summed E-state index contributed by atoms with van der Waals surface area (Å²) in [4.78, 5) is 4.07. The average Bonchev–Trinajstić information content (AvgIpc) is 2.34. The van der Waals surface area contributed by atoms with Crippen LogP contribution in [0.15, 0.2) is 36.5 Å². The van der Waals surface area contributed by atoms with Crippen molar-refractivity contribution in [2.45, 2.75) is 6.42 Å². The van der Waals surface area contributed by atoms with E-state index in [1.807, 2.05) is 6.07 Å². The van der Waals surface area contributed by atoms with Crippen LogP contribution in [0.1, 0.15) is 5.56 Å². The van der Waals surface area contributed by atoms with E-state index in [1.165, 1.54) is 12.3 Å². The largest absolute Gasteiger partial charge is 0.397 e. The Bertz CT molecular complexity index is 546. The number of nitrogens with one attached hydrogen (secondary N) is 1. The number of nitrogens with two attached hydrogens (primary N) is 1. The van der Waals surface area contributed by atoms with Gasteiger partial charge in [0.05, 0.1) is 16.9 Å². The van der Waals surface area contributed by atoms with E-state index < -0.39 is 0 Å². The van der Waals surface area contributed by atoms with Gasteiger partial charge in [0.25, 0.3) is 0 Å². The number of nitrogens with zero attached hydrogens (tertiary/aromatic N) is 1. The Morgan fingerprint density at radius 2 is 2.11 bits per heavy atom. The maximum atomic E-state index is 13.4. The first kappa shape index (κ1) is 12.6. The summed E-state index contributed by atoms with van der Waals surface area (Å²) in [6, 6.07) is 8.32. The van der Waals surface area contributed by atoms with Crippen molar-refractivity contribution in [3.8, 4) is 0 Å². The number of hydrogen-bond acceptors (Lipinski definition) is 3. The minimum absolute atomic E-state index is 0.198. The third-order valence-corrected chi connectivity index (χ3v) is 2.80. The van der Waals surface area contributed by atoms with Gasteiger partial charge >= 0.3 is 0 Å². The van der Waals surface area contributed by atoms with Gasteiger partial charge in [0.15, 0.2) is 0 Å². The Balaban J connectivity index is 1.95. The third-order valence-electron chi connectivity index (χ3n) is 2.51. The predicted octanol–water partition coefficient (Wildman–Crippen LogP) is 3.11. The van der Waals surface area contributed by atoms with E-state index in [9.17, 15) is 4.39 Å². The van der Waals surface area contributed by atoms with Gasteiger partial charge in [-0.15, -0.1) is 0 Å². The monoisotopic (exact) mass is 265 g/mol. The molecule has 1 aromatic heterocycles. The topological polar surface area (TPSA) is 50.9 Å². The van der Waals surface area contributed by atoms with Gasteiger partial charge in [-0.1, -0.05) is 29.8 Å². The maximum absolute atomic E-state index is 13.4. The number of nitrogen functional groups attached to an aromatic ring is 1. The Labute approximate surface area is 110 Å². The zero-order chi connectivity index (χ0) is 13.0. The molecule has 3 N–H and O–H groups in total. The quantitative estimate of drug-likeness (QED) is 0.893. The number of pyridine rings is 1. The molecule has 0 bridgehead atoms. The van der Waals surface area contributed by atoms with Crippen LogP contribution in [-0.2, 0) is 6.42 Å². The Hall–Kier alpha value is -1.81. The third kappa shape index (κ3) is 3.11. The smallest absolute Gasteiger partial charge is 0.144 e. The molecule has 0 aliphatic carbocycles. The van der Waals surface area contributed by atoms with Crippen molar-refractivity contribution in [3.05, 3.63) is 52.9 Å². The van der Waals surface area contributed by atoms with Gasteiger partial charge in [-0.3, -0.25) is 0 Å². The Morgan fingerprint density at radius 1 is 1.33 bits per heavy atom. The van der Waals surface area contributed by atoms with Gasteiger partial charge in [-0.2, -0.15) is 0 Å². The number of aromatic nitrogens is 1. The minimum Gasteiger partial charge on any atom is -0.397 e. The fourth-order valence-electron chi connectivity index (χ4n) is 1.60. The summed E-state index contributed by atoms with van der Waals surface area (Å²) < 4.78 is 13.4. The summed E-state index contributed by atoms with van der Waals surface area (Å²) >= 11 is 5.96. The van der Waals surface area contributed by atoms with E-state index in [1.54, 1.807) is 18.2 Å². The number of benzene rings is 1.